The molecule has 2 aromatic rings. The van der Waals surface area contributed by atoms with Crippen molar-refractivity contribution in [2.45, 2.75) is 12.8 Å². The fourth-order valence-electron chi connectivity index (χ4n) is 2.40. The summed E-state index contributed by atoms with van der Waals surface area (Å²) >= 11 is 5.69. The van der Waals surface area contributed by atoms with Crippen molar-refractivity contribution in [2.75, 3.05) is 23.7 Å². The number of nitrogens with zero attached hydrogens (tertiary/aromatic N) is 1. The van der Waals surface area contributed by atoms with Crippen LogP contribution in [0.3, 0.4) is 0 Å². The number of halogens is 3. The number of rotatable bonds is 8. The molecule has 0 saturated heterocycles. The average Bonchev–Trinajstić information content (AvgIpc) is 2.60. The smallest absolute Gasteiger partial charge is 0.240 e. The number of carbonyl (C=O) groups is 1. The molecule has 1 amide bonds. The largest absolute Gasteiger partial charge is 0.355 e. The van der Waals surface area contributed by atoms with Gasteiger partial charge in [0.1, 0.15) is 18.2 Å². The van der Waals surface area contributed by atoms with E-state index in [9.17, 15) is 22.0 Å². The topological polar surface area (TPSA) is 66.5 Å². The predicted molar refractivity (Wildman–Crippen MR) is 101 cm³/mol. The summed E-state index contributed by atoms with van der Waals surface area (Å²) in [6.07, 6.45) is 2.20. The number of sulfonamides is 1. The van der Waals surface area contributed by atoms with Crippen molar-refractivity contribution < 1.29 is 22.0 Å². The Kier molecular flexibility index (Phi) is 7.15. The first-order valence-electron chi connectivity index (χ1n) is 8.11. The van der Waals surface area contributed by atoms with Gasteiger partial charge >= 0.3 is 0 Å². The van der Waals surface area contributed by atoms with Crippen LogP contribution in [0.25, 0.3) is 0 Å². The van der Waals surface area contributed by atoms with Crippen LogP contribution in [-0.4, -0.2) is 33.7 Å². The molecule has 0 bridgehead atoms. The van der Waals surface area contributed by atoms with E-state index in [1.807, 2.05) is 0 Å². The highest BCUT2D eigenvalue weighted by atomic mass is 35.5. The molecule has 5 nitrogen and oxygen atoms in total. The number of benzene rings is 2. The lowest BCUT2D eigenvalue weighted by Crippen LogP contribution is -2.40. The van der Waals surface area contributed by atoms with Gasteiger partial charge in [0, 0.05) is 6.54 Å². The summed E-state index contributed by atoms with van der Waals surface area (Å²) in [6.45, 7) is -0.116. The molecule has 2 aromatic carbocycles. The van der Waals surface area contributed by atoms with Crippen molar-refractivity contribution in [1.29, 1.82) is 0 Å². The van der Waals surface area contributed by atoms with Crippen LogP contribution in [-0.2, 0) is 21.2 Å². The second-order valence-electron chi connectivity index (χ2n) is 5.95. The third-order valence-corrected chi connectivity index (χ3v) is 5.19. The molecule has 27 heavy (non-hydrogen) atoms. The molecule has 0 aromatic heterocycles. The minimum absolute atomic E-state index is 0.102. The molecule has 0 aliphatic carbocycles. The Morgan fingerprint density at radius 1 is 1.15 bits per heavy atom. The number of hydrogen-bond acceptors (Lipinski definition) is 3. The van der Waals surface area contributed by atoms with Crippen LogP contribution in [0, 0.1) is 11.6 Å². The molecule has 0 heterocycles. The van der Waals surface area contributed by atoms with E-state index in [0.29, 0.717) is 19.4 Å². The summed E-state index contributed by atoms with van der Waals surface area (Å²) in [7, 11) is -3.76. The molecule has 0 saturated carbocycles. The maximum Gasteiger partial charge on any atom is 0.240 e. The zero-order valence-corrected chi connectivity index (χ0v) is 16.2. The third kappa shape index (κ3) is 6.48. The van der Waals surface area contributed by atoms with Crippen LogP contribution < -0.4 is 9.62 Å². The van der Waals surface area contributed by atoms with Crippen LogP contribution >= 0.6 is 11.6 Å². The maximum absolute atomic E-state index is 13.3. The van der Waals surface area contributed by atoms with Gasteiger partial charge in [0.25, 0.3) is 0 Å². The minimum Gasteiger partial charge on any atom is -0.355 e. The first-order valence-corrected chi connectivity index (χ1v) is 10.3. The van der Waals surface area contributed by atoms with Crippen molar-refractivity contribution in [3.63, 3.8) is 0 Å². The Balaban J connectivity index is 1.92. The Labute approximate surface area is 162 Å². The first-order chi connectivity index (χ1) is 12.7. The number of carbonyl (C=O) groups excluding carboxylic acids is 1. The van der Waals surface area contributed by atoms with Crippen LogP contribution in [0.1, 0.15) is 12.0 Å². The SMILES string of the molecule is CS(=O)(=O)N(CC(=O)NCCCc1ccc(F)cc1)c1ccc(F)c(Cl)c1. The fraction of sp³-hybridized carbons (Fsp3) is 0.278. The summed E-state index contributed by atoms with van der Waals surface area (Å²) in [5.41, 5.74) is 1.04. The monoisotopic (exact) mass is 416 g/mol. The minimum atomic E-state index is -3.76. The molecule has 1 N–H and O–H groups in total. The summed E-state index contributed by atoms with van der Waals surface area (Å²) in [4.78, 5) is 12.1. The van der Waals surface area contributed by atoms with Gasteiger partial charge in [0.15, 0.2) is 0 Å². The third-order valence-electron chi connectivity index (χ3n) is 3.76. The lowest BCUT2D eigenvalue weighted by Gasteiger charge is -2.22. The normalized spacial score (nSPS) is 11.3. The van der Waals surface area contributed by atoms with Crippen LogP contribution in [0.15, 0.2) is 42.5 Å². The van der Waals surface area contributed by atoms with Gasteiger partial charge in [0.05, 0.1) is 17.0 Å². The number of nitrogens with one attached hydrogen (secondary N) is 1. The molecule has 0 fully saturated rings. The van der Waals surface area contributed by atoms with E-state index in [0.717, 1.165) is 28.3 Å². The molecular formula is C18H19ClF2N2O3S. The lowest BCUT2D eigenvalue weighted by molar-refractivity contribution is -0.119. The van der Waals surface area contributed by atoms with Crippen LogP contribution in [0.2, 0.25) is 5.02 Å². The van der Waals surface area contributed by atoms with E-state index in [1.54, 1.807) is 12.1 Å². The molecule has 0 spiro atoms. The molecule has 0 aliphatic rings. The molecule has 0 atom stereocenters. The zero-order valence-electron chi connectivity index (χ0n) is 14.6. The van der Waals surface area contributed by atoms with Crippen LogP contribution in [0.4, 0.5) is 14.5 Å². The van der Waals surface area contributed by atoms with Gasteiger partial charge in [-0.1, -0.05) is 23.7 Å². The van der Waals surface area contributed by atoms with Gasteiger partial charge in [0.2, 0.25) is 15.9 Å². The van der Waals surface area contributed by atoms with Crippen molar-refractivity contribution in [3.8, 4) is 0 Å². The van der Waals surface area contributed by atoms with Crippen molar-refractivity contribution in [1.82, 2.24) is 5.32 Å². The van der Waals surface area contributed by atoms with Gasteiger partial charge in [-0.25, -0.2) is 17.2 Å². The lowest BCUT2D eigenvalue weighted by atomic mass is 10.1. The molecule has 146 valence electrons. The number of anilines is 1. The van der Waals surface area contributed by atoms with E-state index < -0.39 is 28.3 Å². The van der Waals surface area contributed by atoms with Gasteiger partial charge in [-0.3, -0.25) is 9.10 Å². The fourth-order valence-corrected chi connectivity index (χ4v) is 3.42. The van der Waals surface area contributed by atoms with Crippen molar-refractivity contribution in [3.05, 3.63) is 64.7 Å². The number of amides is 1. The predicted octanol–water partition coefficient (Wildman–Crippen LogP) is 3.13. The molecule has 0 unspecified atom stereocenters. The first kappa shape index (κ1) is 21.1. The Morgan fingerprint density at radius 2 is 1.81 bits per heavy atom. The summed E-state index contributed by atoms with van der Waals surface area (Å²) < 4.78 is 51.0. The van der Waals surface area contributed by atoms with Gasteiger partial charge < -0.3 is 5.32 Å². The van der Waals surface area contributed by atoms with Crippen molar-refractivity contribution in [2.24, 2.45) is 0 Å². The molecule has 0 radical (unpaired) electrons. The highest BCUT2D eigenvalue weighted by molar-refractivity contribution is 7.92. The number of hydrogen-bond donors (Lipinski definition) is 1. The summed E-state index contributed by atoms with van der Waals surface area (Å²) in [5, 5.41) is 2.40. The van der Waals surface area contributed by atoms with E-state index in [4.69, 9.17) is 11.6 Å². The number of aryl methyl sites for hydroxylation is 1. The maximum atomic E-state index is 13.3. The van der Waals surface area contributed by atoms with Crippen LogP contribution in [0.5, 0.6) is 0 Å². The second kappa shape index (κ2) is 9.14. The standard InChI is InChI=1S/C18H19ClF2N2O3S/c1-27(25,26)23(15-8-9-17(21)16(19)11-15)12-18(24)22-10-2-3-13-4-6-14(20)7-5-13/h4-9,11H,2-3,10,12H2,1H3,(H,22,24). The average molecular weight is 417 g/mol. The van der Waals surface area contributed by atoms with Crippen molar-refractivity contribution >= 4 is 33.2 Å². The molecule has 0 aliphatic heterocycles. The zero-order chi connectivity index (χ0) is 20.0. The van der Waals surface area contributed by atoms with E-state index in [2.05, 4.69) is 5.32 Å². The molecule has 9 heteroatoms. The highest BCUT2D eigenvalue weighted by Gasteiger charge is 2.21. The van der Waals surface area contributed by atoms with Gasteiger partial charge in [-0.2, -0.15) is 0 Å². The Hall–Kier alpha value is -2.19. The highest BCUT2D eigenvalue weighted by Crippen LogP contribution is 2.24. The molecule has 2 rings (SSSR count). The van der Waals surface area contributed by atoms with Gasteiger partial charge in [-0.15, -0.1) is 0 Å². The summed E-state index contributed by atoms with van der Waals surface area (Å²) in [5.74, 6) is -1.49. The van der Waals surface area contributed by atoms with E-state index in [-0.39, 0.29) is 16.5 Å². The molecular weight excluding hydrogens is 398 g/mol. The summed E-state index contributed by atoms with van der Waals surface area (Å²) in [6, 6.07) is 9.50. The Bertz CT molecular complexity index is 905. The van der Waals surface area contributed by atoms with Gasteiger partial charge in [-0.05, 0) is 48.7 Å². The van der Waals surface area contributed by atoms with E-state index >= 15 is 0 Å². The van der Waals surface area contributed by atoms with E-state index in [1.165, 1.54) is 18.2 Å². The Morgan fingerprint density at radius 3 is 2.41 bits per heavy atom. The second-order valence-corrected chi connectivity index (χ2v) is 8.26. The quantitative estimate of drug-likeness (QED) is 0.672.